The van der Waals surface area contributed by atoms with Gasteiger partial charge in [-0.15, -0.1) is 0 Å². The number of halogens is 2. The molecule has 0 unspecified atom stereocenters. The van der Waals surface area contributed by atoms with Gasteiger partial charge in [0.15, 0.2) is 0 Å². The van der Waals surface area contributed by atoms with E-state index in [0.29, 0.717) is 5.41 Å². The van der Waals surface area contributed by atoms with E-state index in [1.807, 2.05) is 0 Å². The molecule has 0 aliphatic heterocycles. The summed E-state index contributed by atoms with van der Waals surface area (Å²) in [7, 11) is 0. The molecule has 0 bridgehead atoms. The molecule has 0 radical (unpaired) electrons. The van der Waals surface area contributed by atoms with Crippen molar-refractivity contribution in [1.82, 2.24) is 0 Å². The summed E-state index contributed by atoms with van der Waals surface area (Å²) in [6.07, 6.45) is 1.18. The van der Waals surface area contributed by atoms with Crippen LogP contribution in [-0.4, -0.2) is 0 Å². The lowest BCUT2D eigenvalue weighted by Crippen LogP contribution is -2.15. The third-order valence-corrected chi connectivity index (χ3v) is 5.45. The van der Waals surface area contributed by atoms with Crippen molar-refractivity contribution in [3.8, 4) is 0 Å². The maximum atomic E-state index is 2.40. The van der Waals surface area contributed by atoms with Crippen LogP contribution in [0.2, 0.25) is 0 Å². The summed E-state index contributed by atoms with van der Waals surface area (Å²) in [5, 5.41) is 0. The monoisotopic (exact) mass is 400 g/mol. The Balaban J connectivity index is 3.10. The van der Waals surface area contributed by atoms with Crippen LogP contribution in [-0.2, 0) is 5.41 Å². The molecule has 0 atom stereocenters. The van der Waals surface area contributed by atoms with Gasteiger partial charge < -0.3 is 0 Å². The van der Waals surface area contributed by atoms with E-state index in [1.165, 1.54) is 19.1 Å². The van der Waals surface area contributed by atoms with Gasteiger partial charge in [-0.3, -0.25) is 0 Å². The second-order valence-corrected chi connectivity index (χ2v) is 6.19. The van der Waals surface area contributed by atoms with Crippen molar-refractivity contribution >= 4 is 45.2 Å². The molecule has 0 fully saturated rings. The SMILES string of the molecule is CCC(C)(C)c1ccc(I)c(I)c1. The summed E-state index contributed by atoms with van der Waals surface area (Å²) in [5.74, 6) is 0. The minimum absolute atomic E-state index is 0.310. The zero-order valence-corrected chi connectivity index (χ0v) is 12.5. The molecule has 0 amide bonds. The van der Waals surface area contributed by atoms with Crippen LogP contribution in [0.15, 0.2) is 18.2 Å². The smallest absolute Gasteiger partial charge is 0.0266 e. The van der Waals surface area contributed by atoms with Crippen LogP contribution in [0, 0.1) is 7.14 Å². The van der Waals surface area contributed by atoms with E-state index in [9.17, 15) is 0 Å². The van der Waals surface area contributed by atoms with Gasteiger partial charge in [0, 0.05) is 7.14 Å². The fraction of sp³-hybridized carbons (Fsp3) is 0.455. The average molecular weight is 400 g/mol. The third-order valence-electron chi connectivity index (χ3n) is 2.58. The Morgan fingerprint density at radius 3 is 2.23 bits per heavy atom. The summed E-state index contributed by atoms with van der Waals surface area (Å²) < 4.78 is 2.70. The van der Waals surface area contributed by atoms with Crippen LogP contribution < -0.4 is 0 Å². The topological polar surface area (TPSA) is 0 Å². The minimum atomic E-state index is 0.310. The molecular formula is C11H14I2. The van der Waals surface area contributed by atoms with Crippen LogP contribution in [0.5, 0.6) is 0 Å². The highest BCUT2D eigenvalue weighted by Crippen LogP contribution is 2.29. The van der Waals surface area contributed by atoms with Crippen molar-refractivity contribution in [2.45, 2.75) is 32.6 Å². The largest absolute Gasteiger partial charge is 0.0646 e. The molecule has 0 heterocycles. The Morgan fingerprint density at radius 2 is 1.77 bits per heavy atom. The second-order valence-electron chi connectivity index (χ2n) is 3.87. The van der Waals surface area contributed by atoms with Gasteiger partial charge in [0.05, 0.1) is 0 Å². The molecule has 0 N–H and O–H groups in total. The summed E-state index contributed by atoms with van der Waals surface area (Å²) in [4.78, 5) is 0. The van der Waals surface area contributed by atoms with E-state index in [0.717, 1.165) is 0 Å². The fourth-order valence-corrected chi connectivity index (χ4v) is 1.97. The van der Waals surface area contributed by atoms with Crippen molar-refractivity contribution in [3.63, 3.8) is 0 Å². The molecule has 0 aliphatic carbocycles. The number of benzene rings is 1. The highest BCUT2D eigenvalue weighted by molar-refractivity contribution is 14.1. The molecule has 0 nitrogen and oxygen atoms in total. The van der Waals surface area contributed by atoms with Crippen molar-refractivity contribution in [1.29, 1.82) is 0 Å². The molecular weight excluding hydrogens is 386 g/mol. The summed E-state index contributed by atoms with van der Waals surface area (Å²) in [6, 6.07) is 6.74. The van der Waals surface area contributed by atoms with Gasteiger partial charge in [0.1, 0.15) is 0 Å². The van der Waals surface area contributed by atoms with E-state index in [-0.39, 0.29) is 0 Å². The average Bonchev–Trinajstić information content (AvgIpc) is 2.09. The van der Waals surface area contributed by atoms with Crippen LogP contribution in [0.1, 0.15) is 32.8 Å². The highest BCUT2D eigenvalue weighted by Gasteiger charge is 2.18. The van der Waals surface area contributed by atoms with E-state index in [4.69, 9.17) is 0 Å². The second kappa shape index (κ2) is 4.47. The van der Waals surface area contributed by atoms with Crippen molar-refractivity contribution < 1.29 is 0 Å². The maximum Gasteiger partial charge on any atom is 0.0266 e. The first-order valence-corrected chi connectivity index (χ1v) is 6.58. The Labute approximate surface area is 108 Å². The predicted molar refractivity (Wildman–Crippen MR) is 75.2 cm³/mol. The third kappa shape index (κ3) is 2.81. The fourth-order valence-electron chi connectivity index (χ4n) is 1.12. The predicted octanol–water partition coefficient (Wildman–Crippen LogP) is 4.58. The standard InChI is InChI=1S/C11H14I2/c1-4-11(2,3)8-5-6-9(12)10(13)7-8/h5-7H,4H2,1-3H3. The van der Waals surface area contributed by atoms with Gasteiger partial charge in [-0.2, -0.15) is 0 Å². The Bertz CT molecular complexity index is 303. The van der Waals surface area contributed by atoms with E-state index in [1.54, 1.807) is 0 Å². The minimum Gasteiger partial charge on any atom is -0.0646 e. The lowest BCUT2D eigenvalue weighted by Gasteiger charge is -2.23. The summed E-state index contributed by atoms with van der Waals surface area (Å²) in [6.45, 7) is 6.83. The lowest BCUT2D eigenvalue weighted by atomic mass is 9.82. The molecule has 1 rings (SSSR count). The van der Waals surface area contributed by atoms with Crippen molar-refractivity contribution in [2.75, 3.05) is 0 Å². The summed E-state index contributed by atoms with van der Waals surface area (Å²) in [5.41, 5.74) is 1.75. The van der Waals surface area contributed by atoms with Gasteiger partial charge in [-0.25, -0.2) is 0 Å². The molecule has 0 saturated heterocycles. The normalized spacial score (nSPS) is 11.8. The van der Waals surface area contributed by atoms with Crippen LogP contribution in [0.3, 0.4) is 0 Å². The van der Waals surface area contributed by atoms with Gasteiger partial charge >= 0.3 is 0 Å². The zero-order chi connectivity index (χ0) is 10.1. The van der Waals surface area contributed by atoms with Crippen LogP contribution >= 0.6 is 45.2 Å². The maximum absolute atomic E-state index is 2.40. The first-order chi connectivity index (χ1) is 5.97. The summed E-state index contributed by atoms with van der Waals surface area (Å²) >= 11 is 4.77. The van der Waals surface area contributed by atoms with Gasteiger partial charge in [-0.05, 0) is 74.7 Å². The lowest BCUT2D eigenvalue weighted by molar-refractivity contribution is 0.506. The van der Waals surface area contributed by atoms with Gasteiger partial charge in [0.2, 0.25) is 0 Å². The molecule has 0 spiro atoms. The number of rotatable bonds is 2. The van der Waals surface area contributed by atoms with Crippen molar-refractivity contribution in [3.05, 3.63) is 30.9 Å². The molecule has 1 aromatic rings. The van der Waals surface area contributed by atoms with E-state index in [2.05, 4.69) is 84.2 Å². The molecule has 0 saturated carbocycles. The number of hydrogen-bond acceptors (Lipinski definition) is 0. The Kier molecular flexibility index (Phi) is 4.04. The molecule has 1 aromatic carbocycles. The Morgan fingerprint density at radius 1 is 1.15 bits per heavy atom. The quantitative estimate of drug-likeness (QED) is 0.638. The molecule has 13 heavy (non-hydrogen) atoms. The van der Waals surface area contributed by atoms with Gasteiger partial charge in [-0.1, -0.05) is 26.8 Å². The van der Waals surface area contributed by atoms with Crippen LogP contribution in [0.4, 0.5) is 0 Å². The van der Waals surface area contributed by atoms with Gasteiger partial charge in [0.25, 0.3) is 0 Å². The van der Waals surface area contributed by atoms with Crippen LogP contribution in [0.25, 0.3) is 0 Å². The number of hydrogen-bond donors (Lipinski definition) is 0. The Hall–Kier alpha value is 0.680. The molecule has 2 heteroatoms. The van der Waals surface area contributed by atoms with E-state index >= 15 is 0 Å². The first kappa shape index (κ1) is 11.8. The zero-order valence-electron chi connectivity index (χ0n) is 8.20. The van der Waals surface area contributed by atoms with Crippen molar-refractivity contribution in [2.24, 2.45) is 0 Å². The molecule has 72 valence electrons. The molecule has 0 aromatic heterocycles. The van der Waals surface area contributed by atoms with E-state index < -0.39 is 0 Å². The first-order valence-electron chi connectivity index (χ1n) is 4.43. The highest BCUT2D eigenvalue weighted by atomic mass is 127. The molecule has 0 aliphatic rings.